The normalized spacial score (nSPS) is 21.9. The average Bonchev–Trinajstić information content (AvgIpc) is 2.97. The fourth-order valence-electron chi connectivity index (χ4n) is 2.41. The monoisotopic (exact) mass is 314 g/mol. The number of hydrogen-bond acceptors (Lipinski definition) is 6. The minimum Gasteiger partial charge on any atom is -0.382 e. The number of thioether (sulfide) groups is 1. The third kappa shape index (κ3) is 3.38. The molecule has 2 rings (SSSR count). The molecule has 0 radical (unpaired) electrons. The molecule has 0 saturated heterocycles. The Labute approximate surface area is 128 Å². The van der Waals surface area contributed by atoms with Gasteiger partial charge in [-0.3, -0.25) is 4.79 Å². The van der Waals surface area contributed by atoms with Gasteiger partial charge in [0.05, 0.1) is 0 Å². The number of rotatable bonds is 5. The van der Waals surface area contributed by atoms with Crippen LogP contribution in [-0.2, 0) is 0 Å². The molecule has 0 spiro atoms. The molecule has 5 nitrogen and oxygen atoms in total. The molecule has 112 valence electrons. The molecule has 0 bridgehead atoms. The quantitative estimate of drug-likeness (QED) is 0.872. The largest absolute Gasteiger partial charge is 0.382 e. The molecule has 0 aliphatic heterocycles. The van der Waals surface area contributed by atoms with Crippen LogP contribution in [0.4, 0.5) is 10.9 Å². The van der Waals surface area contributed by atoms with Gasteiger partial charge in [0.15, 0.2) is 5.13 Å². The van der Waals surface area contributed by atoms with E-state index in [2.05, 4.69) is 17.2 Å². The van der Waals surface area contributed by atoms with E-state index < -0.39 is 0 Å². The van der Waals surface area contributed by atoms with Gasteiger partial charge in [0, 0.05) is 25.4 Å². The number of hydrogen-bond donors (Lipinski definition) is 2. The molecule has 1 aliphatic carbocycles. The highest BCUT2D eigenvalue weighted by Gasteiger charge is 2.29. The van der Waals surface area contributed by atoms with Crippen LogP contribution in [0, 0.1) is 0 Å². The Hall–Kier alpha value is -0.950. The Balaban J connectivity index is 2.04. The van der Waals surface area contributed by atoms with Crippen LogP contribution in [0.2, 0.25) is 0 Å². The van der Waals surface area contributed by atoms with Crippen LogP contribution < -0.4 is 16.0 Å². The fourth-order valence-corrected chi connectivity index (χ4v) is 4.42. The first-order chi connectivity index (χ1) is 9.52. The molecular formula is C13H22N4OS2. The lowest BCUT2D eigenvalue weighted by molar-refractivity contribution is 0.0943. The van der Waals surface area contributed by atoms with Gasteiger partial charge < -0.3 is 16.0 Å². The standard InChI is InChI=1S/C13H22N4OS2/c1-4-19-9-7-5-6-8(9)15-12(18)10-11(14)16-13(20-10)17(2)3/h8-9H,4-7,14H2,1-3H3,(H,15,18). The summed E-state index contributed by atoms with van der Waals surface area (Å²) in [7, 11) is 3.79. The number of nitrogen functional groups attached to an aromatic ring is 1. The minimum atomic E-state index is -0.0818. The second-order valence-corrected chi connectivity index (χ2v) is 7.60. The van der Waals surface area contributed by atoms with Gasteiger partial charge in [-0.1, -0.05) is 24.7 Å². The number of nitrogens with one attached hydrogen (secondary N) is 1. The van der Waals surface area contributed by atoms with Crippen LogP contribution in [0.5, 0.6) is 0 Å². The van der Waals surface area contributed by atoms with Gasteiger partial charge in [-0.05, 0) is 18.6 Å². The fraction of sp³-hybridized carbons (Fsp3) is 0.692. The number of nitrogens with two attached hydrogens (primary N) is 1. The molecule has 2 unspecified atom stereocenters. The summed E-state index contributed by atoms with van der Waals surface area (Å²) >= 11 is 3.28. The van der Waals surface area contributed by atoms with Crippen molar-refractivity contribution in [2.45, 2.75) is 37.5 Å². The average molecular weight is 314 g/mol. The molecule has 7 heteroatoms. The molecule has 2 atom stereocenters. The Kier molecular flexibility index (Phi) is 5.15. The van der Waals surface area contributed by atoms with Gasteiger partial charge in [-0.25, -0.2) is 4.98 Å². The number of amides is 1. The van der Waals surface area contributed by atoms with E-state index in [4.69, 9.17) is 5.73 Å². The van der Waals surface area contributed by atoms with Gasteiger partial charge in [-0.15, -0.1) is 0 Å². The van der Waals surface area contributed by atoms with E-state index in [1.165, 1.54) is 24.2 Å². The minimum absolute atomic E-state index is 0.0818. The lowest BCUT2D eigenvalue weighted by Crippen LogP contribution is -2.38. The van der Waals surface area contributed by atoms with Crippen molar-refractivity contribution in [1.82, 2.24) is 10.3 Å². The number of carbonyl (C=O) groups excluding carboxylic acids is 1. The zero-order valence-electron chi connectivity index (χ0n) is 12.2. The lowest BCUT2D eigenvalue weighted by atomic mass is 10.2. The molecular weight excluding hydrogens is 292 g/mol. The van der Waals surface area contributed by atoms with E-state index in [1.807, 2.05) is 30.8 Å². The zero-order valence-corrected chi connectivity index (χ0v) is 13.8. The first-order valence-electron chi connectivity index (χ1n) is 6.89. The van der Waals surface area contributed by atoms with E-state index in [9.17, 15) is 4.79 Å². The van der Waals surface area contributed by atoms with Crippen LogP contribution >= 0.6 is 23.1 Å². The summed E-state index contributed by atoms with van der Waals surface area (Å²) in [5.41, 5.74) is 5.85. The van der Waals surface area contributed by atoms with Crippen LogP contribution in [0.3, 0.4) is 0 Å². The van der Waals surface area contributed by atoms with Crippen molar-refractivity contribution in [3.05, 3.63) is 4.88 Å². The molecule has 3 N–H and O–H groups in total. The molecule has 1 saturated carbocycles. The number of nitrogens with zero attached hydrogens (tertiary/aromatic N) is 2. The first kappa shape index (κ1) is 15.4. The third-order valence-corrected chi connectivity index (χ3v) is 5.94. The van der Waals surface area contributed by atoms with Crippen molar-refractivity contribution in [3.8, 4) is 0 Å². The summed E-state index contributed by atoms with van der Waals surface area (Å²) in [5.74, 6) is 1.33. The Bertz CT molecular complexity index is 475. The summed E-state index contributed by atoms with van der Waals surface area (Å²) in [5, 5.41) is 4.43. The van der Waals surface area contributed by atoms with E-state index in [0.29, 0.717) is 15.9 Å². The topological polar surface area (TPSA) is 71.2 Å². The summed E-state index contributed by atoms with van der Waals surface area (Å²) in [6.45, 7) is 2.16. The summed E-state index contributed by atoms with van der Waals surface area (Å²) in [4.78, 5) is 19.0. The number of thiazole rings is 1. The van der Waals surface area contributed by atoms with Gasteiger partial charge >= 0.3 is 0 Å². The van der Waals surface area contributed by atoms with Gasteiger partial charge in [0.25, 0.3) is 5.91 Å². The first-order valence-corrected chi connectivity index (χ1v) is 8.75. The second-order valence-electron chi connectivity index (χ2n) is 5.11. The van der Waals surface area contributed by atoms with Crippen molar-refractivity contribution < 1.29 is 4.79 Å². The van der Waals surface area contributed by atoms with E-state index in [1.54, 1.807) is 0 Å². The molecule has 1 aromatic heterocycles. The SMILES string of the molecule is CCSC1CCCC1NC(=O)c1sc(N(C)C)nc1N. The molecule has 1 amide bonds. The van der Waals surface area contributed by atoms with Crippen molar-refractivity contribution >= 4 is 40.0 Å². The summed E-state index contributed by atoms with van der Waals surface area (Å²) in [6.07, 6.45) is 3.43. The molecule has 1 heterocycles. The number of aromatic nitrogens is 1. The molecule has 1 aliphatic rings. The molecule has 1 aromatic rings. The highest BCUT2D eigenvalue weighted by atomic mass is 32.2. The van der Waals surface area contributed by atoms with Crippen LogP contribution in [0.25, 0.3) is 0 Å². The van der Waals surface area contributed by atoms with Crippen molar-refractivity contribution in [1.29, 1.82) is 0 Å². The van der Waals surface area contributed by atoms with Crippen LogP contribution in [0.1, 0.15) is 35.9 Å². The van der Waals surface area contributed by atoms with Crippen molar-refractivity contribution in [2.75, 3.05) is 30.5 Å². The van der Waals surface area contributed by atoms with Gasteiger partial charge in [0.1, 0.15) is 10.7 Å². The predicted octanol–water partition coefficient (Wildman–Crippen LogP) is 2.20. The molecule has 1 fully saturated rings. The maximum absolute atomic E-state index is 12.4. The van der Waals surface area contributed by atoms with Crippen molar-refractivity contribution in [2.24, 2.45) is 0 Å². The summed E-state index contributed by atoms with van der Waals surface area (Å²) in [6, 6.07) is 0.261. The van der Waals surface area contributed by atoms with E-state index in [0.717, 1.165) is 17.3 Å². The van der Waals surface area contributed by atoms with Gasteiger partial charge in [-0.2, -0.15) is 11.8 Å². The number of anilines is 2. The summed E-state index contributed by atoms with van der Waals surface area (Å²) < 4.78 is 0. The zero-order chi connectivity index (χ0) is 14.7. The Morgan fingerprint density at radius 3 is 2.90 bits per heavy atom. The highest BCUT2D eigenvalue weighted by Crippen LogP contribution is 2.31. The second kappa shape index (κ2) is 6.67. The van der Waals surface area contributed by atoms with Crippen LogP contribution in [-0.4, -0.2) is 42.0 Å². The highest BCUT2D eigenvalue weighted by molar-refractivity contribution is 7.99. The maximum atomic E-state index is 12.4. The third-order valence-electron chi connectivity index (χ3n) is 3.38. The van der Waals surface area contributed by atoms with E-state index >= 15 is 0 Å². The Morgan fingerprint density at radius 2 is 2.30 bits per heavy atom. The van der Waals surface area contributed by atoms with E-state index in [-0.39, 0.29) is 11.9 Å². The smallest absolute Gasteiger partial charge is 0.265 e. The number of carbonyl (C=O) groups is 1. The molecule has 0 aromatic carbocycles. The Morgan fingerprint density at radius 1 is 1.55 bits per heavy atom. The van der Waals surface area contributed by atoms with Crippen molar-refractivity contribution in [3.63, 3.8) is 0 Å². The van der Waals surface area contributed by atoms with Crippen LogP contribution in [0.15, 0.2) is 0 Å². The maximum Gasteiger partial charge on any atom is 0.265 e. The van der Waals surface area contributed by atoms with Gasteiger partial charge in [0.2, 0.25) is 0 Å². The predicted molar refractivity (Wildman–Crippen MR) is 87.9 cm³/mol. The lowest BCUT2D eigenvalue weighted by Gasteiger charge is -2.19. The molecule has 20 heavy (non-hydrogen) atoms.